The van der Waals surface area contributed by atoms with Gasteiger partial charge in [0.25, 0.3) is 0 Å². The Labute approximate surface area is 218 Å². The molecule has 10 heteroatoms. The van der Waals surface area contributed by atoms with Crippen molar-refractivity contribution in [2.45, 2.75) is 38.5 Å². The summed E-state index contributed by atoms with van der Waals surface area (Å²) in [5.74, 6) is -4.62. The Kier molecular flexibility index (Phi) is 8.71. The predicted molar refractivity (Wildman–Crippen MR) is 133 cm³/mol. The number of rotatable bonds is 11. The summed E-state index contributed by atoms with van der Waals surface area (Å²) in [7, 11) is 1.54. The molecule has 4 rings (SSSR count). The monoisotopic (exact) mass is 534 g/mol. The molecule has 0 aliphatic carbocycles. The van der Waals surface area contributed by atoms with Crippen LogP contribution in [0.1, 0.15) is 37.7 Å². The van der Waals surface area contributed by atoms with E-state index in [9.17, 15) is 27.5 Å². The number of nitrogens with zero attached hydrogens (tertiary/aromatic N) is 2. The van der Waals surface area contributed by atoms with Crippen LogP contribution in [0.4, 0.5) is 17.6 Å². The van der Waals surface area contributed by atoms with Crippen molar-refractivity contribution in [3.05, 3.63) is 65.4 Å². The van der Waals surface area contributed by atoms with E-state index < -0.39 is 40.4 Å². The van der Waals surface area contributed by atoms with Gasteiger partial charge in [0, 0.05) is 24.1 Å². The molecule has 0 spiro atoms. The van der Waals surface area contributed by atoms with Gasteiger partial charge in [-0.05, 0) is 74.4 Å². The van der Waals surface area contributed by atoms with Gasteiger partial charge < -0.3 is 14.6 Å². The molecule has 1 aromatic heterocycles. The van der Waals surface area contributed by atoms with Crippen LogP contribution in [-0.2, 0) is 11.2 Å². The molecule has 6 nitrogen and oxygen atoms in total. The number of methoxy groups -OCH3 is 1. The third kappa shape index (κ3) is 6.53. The van der Waals surface area contributed by atoms with Crippen LogP contribution in [0.25, 0.3) is 10.9 Å². The molecule has 1 aliphatic heterocycles. The molecule has 38 heavy (non-hydrogen) atoms. The Morgan fingerprint density at radius 1 is 1.11 bits per heavy atom. The molecular formula is C28H30F4N2O4. The van der Waals surface area contributed by atoms with Crippen molar-refractivity contribution >= 4 is 16.9 Å². The second-order valence-electron chi connectivity index (χ2n) is 9.78. The number of fused-ring (bicyclic) bond motifs is 1. The Morgan fingerprint density at radius 2 is 1.87 bits per heavy atom. The molecule has 0 bridgehead atoms. The van der Waals surface area contributed by atoms with Gasteiger partial charge in [0.2, 0.25) is 5.82 Å². The van der Waals surface area contributed by atoms with Crippen molar-refractivity contribution in [2.24, 2.45) is 5.41 Å². The van der Waals surface area contributed by atoms with Crippen LogP contribution < -0.4 is 9.47 Å². The number of hydrogen-bond acceptors (Lipinski definition) is 5. The fourth-order valence-corrected chi connectivity index (χ4v) is 5.23. The van der Waals surface area contributed by atoms with E-state index >= 15 is 0 Å². The third-order valence-corrected chi connectivity index (χ3v) is 7.34. The summed E-state index contributed by atoms with van der Waals surface area (Å²) in [4.78, 5) is 17.9. The lowest BCUT2D eigenvalue weighted by Gasteiger charge is -2.41. The summed E-state index contributed by atoms with van der Waals surface area (Å²) in [6.45, 7) is 1.63. The van der Waals surface area contributed by atoms with Crippen LogP contribution in [0.3, 0.4) is 0 Å². The largest absolute Gasteiger partial charge is 0.497 e. The van der Waals surface area contributed by atoms with Gasteiger partial charge in [-0.1, -0.05) is 0 Å². The number of carboxylic acids is 1. The number of benzene rings is 2. The van der Waals surface area contributed by atoms with Gasteiger partial charge in [-0.2, -0.15) is 4.39 Å². The highest BCUT2D eigenvalue weighted by molar-refractivity contribution is 5.83. The van der Waals surface area contributed by atoms with Crippen LogP contribution >= 0.6 is 0 Å². The minimum atomic E-state index is -1.31. The average molecular weight is 535 g/mol. The molecule has 1 saturated heterocycles. The molecule has 0 amide bonds. The number of ether oxygens (including phenoxy) is 2. The number of piperidine rings is 1. The highest BCUT2D eigenvalue weighted by Crippen LogP contribution is 2.40. The first kappa shape index (κ1) is 27.6. The fraction of sp³-hybridized carbons (Fsp3) is 0.429. The van der Waals surface area contributed by atoms with Crippen molar-refractivity contribution in [2.75, 3.05) is 33.4 Å². The van der Waals surface area contributed by atoms with Crippen LogP contribution in [0.2, 0.25) is 0 Å². The predicted octanol–water partition coefficient (Wildman–Crippen LogP) is 5.76. The molecule has 0 atom stereocenters. The number of likely N-dealkylation sites (tertiary alicyclic amines) is 1. The van der Waals surface area contributed by atoms with Crippen molar-refractivity contribution in [1.29, 1.82) is 0 Å². The summed E-state index contributed by atoms with van der Waals surface area (Å²) in [5, 5.41) is 10.3. The second-order valence-corrected chi connectivity index (χ2v) is 9.78. The number of aryl methyl sites for hydroxylation is 1. The molecule has 1 N–H and O–H groups in total. The number of halogens is 4. The van der Waals surface area contributed by atoms with E-state index in [-0.39, 0.29) is 13.0 Å². The lowest BCUT2D eigenvalue weighted by Crippen LogP contribution is -2.42. The van der Waals surface area contributed by atoms with E-state index in [1.807, 2.05) is 0 Å². The zero-order valence-electron chi connectivity index (χ0n) is 21.1. The number of aromatic nitrogens is 1. The number of pyridine rings is 1. The Bertz CT molecular complexity index is 1300. The van der Waals surface area contributed by atoms with E-state index in [0.717, 1.165) is 6.07 Å². The zero-order chi connectivity index (χ0) is 27.3. The molecule has 0 saturated carbocycles. The number of hydrogen-bond donors (Lipinski definition) is 1. The van der Waals surface area contributed by atoms with Crippen molar-refractivity contribution < 1.29 is 36.9 Å². The fourth-order valence-electron chi connectivity index (χ4n) is 5.23. The summed E-state index contributed by atoms with van der Waals surface area (Å²) < 4.78 is 65.7. The number of carbonyl (C=O) groups is 1. The minimum Gasteiger partial charge on any atom is -0.497 e. The van der Waals surface area contributed by atoms with Crippen LogP contribution in [0, 0.1) is 28.7 Å². The highest BCUT2D eigenvalue weighted by atomic mass is 19.2. The van der Waals surface area contributed by atoms with Crippen LogP contribution in [0.15, 0.2) is 36.5 Å². The average Bonchev–Trinajstić information content (AvgIpc) is 2.88. The molecule has 1 fully saturated rings. The summed E-state index contributed by atoms with van der Waals surface area (Å²) in [6, 6.07) is 6.57. The van der Waals surface area contributed by atoms with E-state index in [1.54, 1.807) is 25.3 Å². The Hall–Kier alpha value is -3.40. The van der Waals surface area contributed by atoms with Crippen molar-refractivity contribution in [3.8, 4) is 11.5 Å². The maximum atomic E-state index is 14.7. The molecule has 0 unspecified atom stereocenters. The lowest BCUT2D eigenvalue weighted by molar-refractivity contribution is -0.140. The van der Waals surface area contributed by atoms with E-state index in [4.69, 9.17) is 9.47 Å². The zero-order valence-corrected chi connectivity index (χ0v) is 21.1. The first-order valence-electron chi connectivity index (χ1n) is 12.5. The first-order valence-corrected chi connectivity index (χ1v) is 12.5. The minimum absolute atomic E-state index is 0.0124. The summed E-state index contributed by atoms with van der Waals surface area (Å²) in [5.41, 5.74) is 0.770. The summed E-state index contributed by atoms with van der Waals surface area (Å²) in [6.07, 6.45) is 4.12. The second kappa shape index (κ2) is 12.0. The van der Waals surface area contributed by atoms with Crippen molar-refractivity contribution in [1.82, 2.24) is 9.88 Å². The van der Waals surface area contributed by atoms with E-state index in [1.165, 1.54) is 6.20 Å². The molecule has 204 valence electrons. The standard InChI is InChI=1S/C28H30F4N2O4/c1-37-19-4-5-24-21(15-19)20(23(31)17-33-24)3-2-6-28(16-26(35)36)7-9-34(10-8-28)11-12-38-25-14-18(29)13-22(30)27(25)32/h4-5,13-15,17H,2-3,6-12,16H2,1H3,(H,35,36). The highest BCUT2D eigenvalue weighted by Gasteiger charge is 2.36. The molecule has 1 aliphatic rings. The maximum absolute atomic E-state index is 14.7. The Balaban J connectivity index is 1.35. The van der Waals surface area contributed by atoms with Gasteiger partial charge in [0.1, 0.15) is 24.0 Å². The summed E-state index contributed by atoms with van der Waals surface area (Å²) >= 11 is 0. The van der Waals surface area contributed by atoms with Crippen LogP contribution in [0.5, 0.6) is 11.5 Å². The van der Waals surface area contributed by atoms with Gasteiger partial charge in [0.15, 0.2) is 11.6 Å². The lowest BCUT2D eigenvalue weighted by atomic mass is 9.72. The molecule has 3 aromatic rings. The molecule has 2 aromatic carbocycles. The molecule has 0 radical (unpaired) electrons. The first-order chi connectivity index (χ1) is 18.2. The van der Waals surface area contributed by atoms with Gasteiger partial charge in [-0.3, -0.25) is 14.7 Å². The van der Waals surface area contributed by atoms with Gasteiger partial charge >= 0.3 is 5.97 Å². The Morgan fingerprint density at radius 3 is 2.58 bits per heavy atom. The third-order valence-electron chi connectivity index (χ3n) is 7.34. The van der Waals surface area contributed by atoms with Crippen LogP contribution in [-0.4, -0.2) is 54.3 Å². The van der Waals surface area contributed by atoms with Crippen molar-refractivity contribution in [3.63, 3.8) is 0 Å². The smallest absolute Gasteiger partial charge is 0.303 e. The van der Waals surface area contributed by atoms with E-state index in [0.29, 0.717) is 80.0 Å². The quantitative estimate of drug-likeness (QED) is 0.249. The topological polar surface area (TPSA) is 71.9 Å². The molecule has 2 heterocycles. The van der Waals surface area contributed by atoms with Gasteiger partial charge in [0.05, 0.1) is 25.2 Å². The SMILES string of the molecule is COc1ccc2ncc(F)c(CCCC3(CC(=O)O)CCN(CCOc4cc(F)cc(F)c4F)CC3)c2c1. The molecular weight excluding hydrogens is 504 g/mol. The normalized spacial score (nSPS) is 15.5. The maximum Gasteiger partial charge on any atom is 0.303 e. The number of aliphatic carboxylic acids is 1. The van der Waals surface area contributed by atoms with Gasteiger partial charge in [-0.25, -0.2) is 13.2 Å². The number of carboxylic acid groups (broad SMARTS) is 1. The van der Waals surface area contributed by atoms with E-state index in [2.05, 4.69) is 9.88 Å². The van der Waals surface area contributed by atoms with Gasteiger partial charge in [-0.15, -0.1) is 0 Å².